The number of fused-ring (bicyclic) bond motifs is 2. The minimum absolute atomic E-state index is 0.0136. The molecule has 3 aromatic carbocycles. The smallest absolute Gasteiger partial charge is 0.269 e. The van der Waals surface area contributed by atoms with E-state index in [4.69, 9.17) is 16.5 Å². The van der Waals surface area contributed by atoms with E-state index < -0.39 is 10.8 Å². The molecule has 40 heavy (non-hydrogen) atoms. The summed E-state index contributed by atoms with van der Waals surface area (Å²) < 4.78 is 0. The topological polar surface area (TPSA) is 152 Å². The molecule has 0 fully saturated rings. The summed E-state index contributed by atoms with van der Waals surface area (Å²) in [6, 6.07) is 22.1. The quantitative estimate of drug-likeness (QED) is 0.238. The van der Waals surface area contributed by atoms with Crippen LogP contribution in [0.3, 0.4) is 0 Å². The molecule has 1 aliphatic heterocycles. The van der Waals surface area contributed by atoms with Gasteiger partial charge in [-0.05, 0) is 28.9 Å². The van der Waals surface area contributed by atoms with Crippen LogP contribution in [0.2, 0.25) is 0 Å². The van der Waals surface area contributed by atoms with E-state index in [1.54, 1.807) is 12.1 Å². The van der Waals surface area contributed by atoms with Gasteiger partial charge in [0.25, 0.3) is 5.69 Å². The largest absolute Gasteiger partial charge is 0.397 e. The number of carbonyl (C=O) groups is 1. The fourth-order valence-corrected chi connectivity index (χ4v) is 6.11. The average molecular weight is 531 g/mol. The molecule has 6 rings (SSSR count). The second-order valence-corrected chi connectivity index (χ2v) is 11.1. The first-order valence-corrected chi connectivity index (χ1v) is 12.9. The lowest BCUT2D eigenvalue weighted by atomic mass is 9.68. The fraction of sp³-hybridized carbons (Fsp3) is 0.194. The van der Waals surface area contributed by atoms with Gasteiger partial charge >= 0.3 is 0 Å². The van der Waals surface area contributed by atoms with Crippen LogP contribution in [0.25, 0.3) is 10.8 Å². The summed E-state index contributed by atoms with van der Waals surface area (Å²) in [6.45, 7) is 4.09. The number of hydrogen-bond donors (Lipinski definition) is 2. The molecule has 0 bridgehead atoms. The monoisotopic (exact) mass is 530 g/mol. The Morgan fingerprint density at radius 1 is 1.07 bits per heavy atom. The molecule has 0 unspecified atom stereocenters. The van der Waals surface area contributed by atoms with Crippen LogP contribution >= 0.6 is 0 Å². The highest BCUT2D eigenvalue weighted by molar-refractivity contribution is 6.06. The molecule has 0 radical (unpaired) electrons. The number of nitrogens with two attached hydrogens (primary N) is 2. The lowest BCUT2D eigenvalue weighted by Crippen LogP contribution is -2.39. The third-order valence-electron chi connectivity index (χ3n) is 7.77. The number of aromatic nitrogens is 1. The van der Waals surface area contributed by atoms with Gasteiger partial charge in [-0.15, -0.1) is 0 Å². The number of carbonyl (C=O) groups excluding carboxylic acids is 1. The van der Waals surface area contributed by atoms with E-state index in [1.165, 1.54) is 12.1 Å². The number of nitro groups is 1. The molecule has 4 aromatic rings. The predicted octanol–water partition coefficient (Wildman–Crippen LogP) is 6.11. The summed E-state index contributed by atoms with van der Waals surface area (Å²) in [5, 5.41) is 23.6. The number of benzene rings is 3. The number of pyridine rings is 1. The fourth-order valence-electron chi connectivity index (χ4n) is 6.11. The maximum Gasteiger partial charge on any atom is 0.269 e. The normalized spacial score (nSPS) is 17.8. The van der Waals surface area contributed by atoms with E-state index in [-0.39, 0.29) is 34.0 Å². The molecule has 2 heterocycles. The van der Waals surface area contributed by atoms with Gasteiger partial charge in [0.05, 0.1) is 16.3 Å². The Morgan fingerprint density at radius 2 is 1.80 bits per heavy atom. The van der Waals surface area contributed by atoms with E-state index in [9.17, 15) is 20.2 Å². The summed E-state index contributed by atoms with van der Waals surface area (Å²) in [6.07, 6.45) is 0.840. The number of non-ortho nitro benzene ring substituents is 1. The average Bonchev–Trinajstić information content (AvgIpc) is 2.91. The van der Waals surface area contributed by atoms with E-state index in [0.29, 0.717) is 35.4 Å². The highest BCUT2D eigenvalue weighted by atomic mass is 16.6. The van der Waals surface area contributed by atoms with Gasteiger partial charge in [0, 0.05) is 46.7 Å². The van der Waals surface area contributed by atoms with Crippen molar-refractivity contribution in [2.75, 3.05) is 16.4 Å². The Hall–Kier alpha value is -5.23. The Balaban J connectivity index is 1.77. The first-order valence-electron chi connectivity index (χ1n) is 12.9. The number of nitriles is 1. The number of nitro benzene ring substituents is 1. The Bertz CT molecular complexity index is 1830. The van der Waals surface area contributed by atoms with Gasteiger partial charge < -0.3 is 11.5 Å². The van der Waals surface area contributed by atoms with Gasteiger partial charge in [0.2, 0.25) is 0 Å². The van der Waals surface area contributed by atoms with Gasteiger partial charge in [0.1, 0.15) is 23.3 Å². The molecular weight excluding hydrogens is 504 g/mol. The molecule has 1 atom stereocenters. The lowest BCUT2D eigenvalue weighted by Gasteiger charge is -2.45. The van der Waals surface area contributed by atoms with Crippen molar-refractivity contribution < 1.29 is 9.72 Å². The van der Waals surface area contributed by atoms with Gasteiger partial charge in [-0.1, -0.05) is 62.4 Å². The molecule has 2 aliphatic rings. The first kappa shape index (κ1) is 25.1. The van der Waals surface area contributed by atoms with E-state index in [2.05, 4.69) is 6.07 Å². The second-order valence-electron chi connectivity index (χ2n) is 11.1. The van der Waals surface area contributed by atoms with Crippen molar-refractivity contribution in [2.45, 2.75) is 32.6 Å². The number of hydrogen-bond acceptors (Lipinski definition) is 8. The summed E-state index contributed by atoms with van der Waals surface area (Å²) in [7, 11) is 0. The third kappa shape index (κ3) is 3.76. The van der Waals surface area contributed by atoms with Crippen LogP contribution in [0.5, 0.6) is 0 Å². The maximum absolute atomic E-state index is 14.1. The SMILES string of the molecule is CC1(C)CC(=O)C2=C(C1)N(c1cccc3ccccc13)c1nc(N)c(C#N)c(N)c1[C@@H]2c1cccc([N+](=O)[O-])c1. The molecule has 0 amide bonds. The maximum atomic E-state index is 14.1. The number of anilines is 4. The summed E-state index contributed by atoms with van der Waals surface area (Å²) in [4.78, 5) is 32.0. The first-order chi connectivity index (χ1) is 19.1. The van der Waals surface area contributed by atoms with Crippen LogP contribution in [-0.4, -0.2) is 15.7 Å². The number of nitrogen functional groups attached to an aromatic ring is 2. The van der Waals surface area contributed by atoms with Crippen molar-refractivity contribution >= 4 is 45.3 Å². The van der Waals surface area contributed by atoms with Gasteiger partial charge in [-0.25, -0.2) is 4.98 Å². The molecule has 4 N–H and O–H groups in total. The molecule has 1 aliphatic carbocycles. The number of ketones is 1. The Labute approximate surface area is 230 Å². The van der Waals surface area contributed by atoms with Gasteiger partial charge in [-0.2, -0.15) is 5.26 Å². The number of Topliss-reactive ketones (excluding diaryl/α,β-unsaturated/α-hetero) is 1. The van der Waals surface area contributed by atoms with Gasteiger partial charge in [-0.3, -0.25) is 19.8 Å². The predicted molar refractivity (Wildman–Crippen MR) is 154 cm³/mol. The highest BCUT2D eigenvalue weighted by Crippen LogP contribution is 2.56. The van der Waals surface area contributed by atoms with Crippen molar-refractivity contribution in [2.24, 2.45) is 5.41 Å². The summed E-state index contributed by atoms with van der Waals surface area (Å²) >= 11 is 0. The van der Waals surface area contributed by atoms with Crippen molar-refractivity contribution in [1.82, 2.24) is 4.98 Å². The van der Waals surface area contributed by atoms with Crippen LogP contribution < -0.4 is 16.4 Å². The van der Waals surface area contributed by atoms with Crippen LogP contribution in [-0.2, 0) is 4.79 Å². The number of nitrogens with zero attached hydrogens (tertiary/aromatic N) is 4. The van der Waals surface area contributed by atoms with Crippen molar-refractivity contribution in [3.8, 4) is 6.07 Å². The Kier molecular flexibility index (Phi) is 5.59. The lowest BCUT2D eigenvalue weighted by molar-refractivity contribution is -0.384. The molecule has 0 saturated carbocycles. The zero-order valence-corrected chi connectivity index (χ0v) is 22.0. The van der Waals surface area contributed by atoms with Crippen LogP contribution in [0.4, 0.5) is 28.7 Å². The van der Waals surface area contributed by atoms with Crippen molar-refractivity contribution in [3.63, 3.8) is 0 Å². The third-order valence-corrected chi connectivity index (χ3v) is 7.77. The zero-order valence-electron chi connectivity index (χ0n) is 22.0. The van der Waals surface area contributed by atoms with Gasteiger partial charge in [0.15, 0.2) is 5.78 Å². The van der Waals surface area contributed by atoms with E-state index in [1.807, 2.05) is 61.2 Å². The van der Waals surface area contributed by atoms with Crippen LogP contribution in [0.1, 0.15) is 49.3 Å². The summed E-state index contributed by atoms with van der Waals surface area (Å²) in [5.74, 6) is -0.452. The molecule has 198 valence electrons. The number of allylic oxidation sites excluding steroid dienone is 2. The molecule has 1 aromatic heterocycles. The highest BCUT2D eigenvalue weighted by Gasteiger charge is 2.46. The zero-order chi connectivity index (χ0) is 28.3. The number of rotatable bonds is 3. The molecule has 0 spiro atoms. The van der Waals surface area contributed by atoms with Crippen LogP contribution in [0, 0.1) is 26.9 Å². The molecule has 9 nitrogen and oxygen atoms in total. The Morgan fingerprint density at radius 3 is 2.55 bits per heavy atom. The van der Waals surface area contributed by atoms with E-state index in [0.717, 1.165) is 22.2 Å². The minimum Gasteiger partial charge on any atom is -0.397 e. The standard InChI is InChI=1S/C31H26N6O3/c1-31(2)14-23-26(24(38)15-31)25(18-9-5-10-19(13-18)37(39)40)27-28(33)21(16-32)29(34)35-30(27)36(23)22-12-6-8-17-7-3-4-11-20(17)22/h3-13,25H,14-15H2,1-2H3,(H4,33,34,35)/t25-/m1/s1. The van der Waals surface area contributed by atoms with Crippen molar-refractivity contribution in [3.05, 3.63) is 105 Å². The van der Waals surface area contributed by atoms with E-state index >= 15 is 0 Å². The minimum atomic E-state index is -0.764. The molecular formula is C31H26N6O3. The summed E-state index contributed by atoms with van der Waals surface area (Å²) in [5.41, 5.74) is 15.6. The van der Waals surface area contributed by atoms with Crippen molar-refractivity contribution in [1.29, 1.82) is 5.26 Å². The second kappa shape index (κ2) is 8.92. The van der Waals surface area contributed by atoms with Crippen LogP contribution in [0.15, 0.2) is 78.0 Å². The molecule has 0 saturated heterocycles. The molecule has 9 heteroatoms.